The fourth-order valence-corrected chi connectivity index (χ4v) is 2.58. The summed E-state index contributed by atoms with van der Waals surface area (Å²) in [6, 6.07) is 0.245. The molecule has 0 spiro atoms. The number of hydrazine groups is 1. The topological polar surface area (TPSA) is 55.9 Å². The molecule has 0 aliphatic rings. The molecular weight excluding hydrogens is 236 g/mol. The molecule has 0 saturated carbocycles. The summed E-state index contributed by atoms with van der Waals surface area (Å²) in [6.07, 6.45) is 12.1. The van der Waals surface area contributed by atoms with Crippen LogP contribution in [-0.4, -0.2) is 9.78 Å². The lowest BCUT2D eigenvalue weighted by molar-refractivity contribution is 0.474. The average Bonchev–Trinajstić information content (AvgIpc) is 2.79. The van der Waals surface area contributed by atoms with E-state index in [4.69, 9.17) is 5.84 Å². The normalized spacial score (nSPS) is 12.8. The summed E-state index contributed by atoms with van der Waals surface area (Å²) in [4.78, 5) is 0. The van der Waals surface area contributed by atoms with E-state index in [1.54, 1.807) is 0 Å². The van der Waals surface area contributed by atoms with Gasteiger partial charge in [0.15, 0.2) is 0 Å². The number of nitrogens with zero attached hydrogens (tertiary/aromatic N) is 2. The van der Waals surface area contributed by atoms with Crippen LogP contribution in [0.4, 0.5) is 0 Å². The molecule has 1 atom stereocenters. The summed E-state index contributed by atoms with van der Waals surface area (Å²) < 4.78 is 1.89. The Kier molecular flexibility index (Phi) is 7.75. The first-order valence-electron chi connectivity index (χ1n) is 7.71. The second-order valence-corrected chi connectivity index (χ2v) is 5.33. The first-order valence-corrected chi connectivity index (χ1v) is 7.71. The molecule has 0 bridgehead atoms. The molecule has 1 heterocycles. The van der Waals surface area contributed by atoms with Crippen molar-refractivity contribution < 1.29 is 0 Å². The fourth-order valence-electron chi connectivity index (χ4n) is 2.58. The molecule has 1 rings (SSSR count). The zero-order valence-corrected chi connectivity index (χ0v) is 12.8. The Balaban J connectivity index is 2.40. The molecule has 1 aromatic rings. The quantitative estimate of drug-likeness (QED) is 0.388. The monoisotopic (exact) mass is 266 g/mol. The average molecular weight is 266 g/mol. The Hall–Kier alpha value is -0.870. The van der Waals surface area contributed by atoms with Gasteiger partial charge < -0.3 is 0 Å². The van der Waals surface area contributed by atoms with Gasteiger partial charge in [0, 0.05) is 24.8 Å². The highest BCUT2D eigenvalue weighted by atomic mass is 15.3. The highest BCUT2D eigenvalue weighted by Gasteiger charge is 2.15. The van der Waals surface area contributed by atoms with Crippen molar-refractivity contribution in [3.8, 4) is 0 Å². The van der Waals surface area contributed by atoms with Gasteiger partial charge in [-0.1, -0.05) is 52.4 Å². The maximum Gasteiger partial charge on any atom is 0.0670 e. The van der Waals surface area contributed by atoms with Crippen molar-refractivity contribution in [1.29, 1.82) is 0 Å². The van der Waals surface area contributed by atoms with Gasteiger partial charge >= 0.3 is 0 Å². The molecule has 0 radical (unpaired) electrons. The maximum atomic E-state index is 5.71. The van der Waals surface area contributed by atoms with E-state index >= 15 is 0 Å². The van der Waals surface area contributed by atoms with Crippen molar-refractivity contribution in [3.63, 3.8) is 0 Å². The van der Waals surface area contributed by atoms with Crippen LogP contribution < -0.4 is 11.3 Å². The largest absolute Gasteiger partial charge is 0.275 e. The molecule has 1 aromatic heterocycles. The number of aryl methyl sites for hydroxylation is 2. The third kappa shape index (κ3) is 5.33. The molecule has 0 amide bonds. The molecule has 4 heteroatoms. The van der Waals surface area contributed by atoms with Gasteiger partial charge in [-0.15, -0.1) is 0 Å². The van der Waals surface area contributed by atoms with Gasteiger partial charge in [0.2, 0.25) is 0 Å². The molecule has 4 nitrogen and oxygen atoms in total. The van der Waals surface area contributed by atoms with Crippen molar-refractivity contribution in [3.05, 3.63) is 17.5 Å². The number of hydrogen-bond donors (Lipinski definition) is 2. The Morgan fingerprint density at radius 3 is 2.53 bits per heavy atom. The van der Waals surface area contributed by atoms with Crippen LogP contribution in [0, 0.1) is 0 Å². The van der Waals surface area contributed by atoms with Gasteiger partial charge in [-0.3, -0.25) is 16.0 Å². The lowest BCUT2D eigenvalue weighted by Crippen LogP contribution is -2.28. The predicted octanol–water partition coefficient (Wildman–Crippen LogP) is 3.24. The van der Waals surface area contributed by atoms with E-state index in [2.05, 4.69) is 30.6 Å². The molecule has 0 aromatic carbocycles. The molecular formula is C15H30N4. The van der Waals surface area contributed by atoms with Crippen molar-refractivity contribution in [2.24, 2.45) is 12.9 Å². The highest BCUT2D eigenvalue weighted by molar-refractivity contribution is 5.21. The fraction of sp³-hybridized carbons (Fsp3) is 0.800. The van der Waals surface area contributed by atoms with E-state index in [-0.39, 0.29) is 6.04 Å². The number of nitrogens with one attached hydrogen (secondary N) is 1. The van der Waals surface area contributed by atoms with E-state index in [1.165, 1.54) is 44.1 Å². The Bertz CT molecular complexity index is 346. The van der Waals surface area contributed by atoms with Crippen LogP contribution in [0.2, 0.25) is 0 Å². The third-order valence-corrected chi connectivity index (χ3v) is 3.70. The standard InChI is InChI=1S/C15H30N4/c1-4-6-7-8-9-10-11-15(17-16)13-12-19(3)18-14(13)5-2/h12,15,17H,4-11,16H2,1-3H3. The molecule has 0 aliphatic carbocycles. The molecule has 1 unspecified atom stereocenters. The molecule has 0 fully saturated rings. The van der Waals surface area contributed by atoms with Crippen molar-refractivity contribution in [2.45, 2.75) is 71.3 Å². The van der Waals surface area contributed by atoms with Gasteiger partial charge in [0.25, 0.3) is 0 Å². The van der Waals surface area contributed by atoms with E-state index in [1.807, 2.05) is 11.7 Å². The Morgan fingerprint density at radius 2 is 1.89 bits per heavy atom. The van der Waals surface area contributed by atoms with Crippen molar-refractivity contribution in [2.75, 3.05) is 0 Å². The number of hydrogen-bond acceptors (Lipinski definition) is 3. The zero-order chi connectivity index (χ0) is 14.1. The molecule has 0 saturated heterocycles. The van der Waals surface area contributed by atoms with Gasteiger partial charge in [0.1, 0.15) is 0 Å². The third-order valence-electron chi connectivity index (χ3n) is 3.70. The predicted molar refractivity (Wildman–Crippen MR) is 80.6 cm³/mol. The number of rotatable bonds is 10. The number of unbranched alkanes of at least 4 members (excludes halogenated alkanes) is 5. The minimum absolute atomic E-state index is 0.245. The molecule has 3 N–H and O–H groups in total. The lowest BCUT2D eigenvalue weighted by Gasteiger charge is -2.15. The van der Waals surface area contributed by atoms with Crippen LogP contribution in [0.5, 0.6) is 0 Å². The van der Waals surface area contributed by atoms with Crippen LogP contribution in [0.3, 0.4) is 0 Å². The second kappa shape index (κ2) is 9.10. The first-order chi connectivity index (χ1) is 9.22. The van der Waals surface area contributed by atoms with E-state index < -0.39 is 0 Å². The smallest absolute Gasteiger partial charge is 0.0670 e. The minimum atomic E-state index is 0.245. The second-order valence-electron chi connectivity index (χ2n) is 5.33. The van der Waals surface area contributed by atoms with Crippen LogP contribution in [0.25, 0.3) is 0 Å². The zero-order valence-electron chi connectivity index (χ0n) is 12.8. The first kappa shape index (κ1) is 16.2. The lowest BCUT2D eigenvalue weighted by atomic mass is 10.00. The van der Waals surface area contributed by atoms with Crippen LogP contribution in [-0.2, 0) is 13.5 Å². The summed E-state index contributed by atoms with van der Waals surface area (Å²) in [5.41, 5.74) is 5.38. The van der Waals surface area contributed by atoms with Crippen molar-refractivity contribution >= 4 is 0 Å². The van der Waals surface area contributed by atoms with E-state index in [0.29, 0.717) is 0 Å². The van der Waals surface area contributed by atoms with Gasteiger partial charge in [-0.25, -0.2) is 0 Å². The van der Waals surface area contributed by atoms with E-state index in [9.17, 15) is 0 Å². The number of nitrogens with two attached hydrogens (primary N) is 1. The highest BCUT2D eigenvalue weighted by Crippen LogP contribution is 2.22. The SMILES string of the molecule is CCCCCCCCC(NN)c1cn(C)nc1CC. The van der Waals surface area contributed by atoms with Crippen LogP contribution >= 0.6 is 0 Å². The summed E-state index contributed by atoms with van der Waals surface area (Å²) in [7, 11) is 1.97. The Labute approximate surface area is 117 Å². The van der Waals surface area contributed by atoms with E-state index in [0.717, 1.165) is 18.5 Å². The van der Waals surface area contributed by atoms with Gasteiger partial charge in [-0.05, 0) is 12.8 Å². The Morgan fingerprint density at radius 1 is 1.21 bits per heavy atom. The minimum Gasteiger partial charge on any atom is -0.275 e. The summed E-state index contributed by atoms with van der Waals surface area (Å²) in [5, 5.41) is 4.49. The van der Waals surface area contributed by atoms with Crippen LogP contribution in [0.1, 0.15) is 76.1 Å². The van der Waals surface area contributed by atoms with Crippen LogP contribution in [0.15, 0.2) is 6.20 Å². The van der Waals surface area contributed by atoms with Gasteiger partial charge in [-0.2, -0.15) is 5.10 Å². The number of aromatic nitrogens is 2. The maximum absolute atomic E-state index is 5.71. The molecule has 19 heavy (non-hydrogen) atoms. The summed E-state index contributed by atoms with van der Waals surface area (Å²) in [6.45, 7) is 4.40. The summed E-state index contributed by atoms with van der Waals surface area (Å²) >= 11 is 0. The molecule has 0 aliphatic heterocycles. The van der Waals surface area contributed by atoms with Crippen molar-refractivity contribution in [1.82, 2.24) is 15.2 Å². The molecule has 110 valence electrons. The summed E-state index contributed by atoms with van der Waals surface area (Å²) in [5.74, 6) is 5.71. The van der Waals surface area contributed by atoms with Gasteiger partial charge in [0.05, 0.1) is 5.69 Å².